The predicted molar refractivity (Wildman–Crippen MR) is 85.8 cm³/mol. The zero-order valence-corrected chi connectivity index (χ0v) is 13.6. The van der Waals surface area contributed by atoms with Crippen LogP contribution < -0.4 is 5.32 Å². The highest BCUT2D eigenvalue weighted by molar-refractivity contribution is 7.07. The van der Waals surface area contributed by atoms with Crippen molar-refractivity contribution < 1.29 is 4.79 Å². The number of carbonyl (C=O) groups is 1. The minimum Gasteiger partial charge on any atom is -0.332 e. The highest BCUT2D eigenvalue weighted by Crippen LogP contribution is 2.27. The topological polar surface area (TPSA) is 63.1 Å². The molecule has 6 nitrogen and oxygen atoms in total. The molecule has 1 N–H and O–H groups in total. The van der Waals surface area contributed by atoms with Crippen LogP contribution in [0, 0.1) is 0 Å². The van der Waals surface area contributed by atoms with E-state index in [2.05, 4.69) is 28.5 Å². The van der Waals surface area contributed by atoms with Gasteiger partial charge >= 0.3 is 6.03 Å². The quantitative estimate of drug-likeness (QED) is 0.941. The number of aromatic nitrogens is 3. The van der Waals surface area contributed by atoms with Gasteiger partial charge in [0.25, 0.3) is 0 Å². The third kappa shape index (κ3) is 3.47. The van der Waals surface area contributed by atoms with E-state index >= 15 is 0 Å². The first-order valence-corrected chi connectivity index (χ1v) is 8.62. The maximum atomic E-state index is 12.2. The van der Waals surface area contributed by atoms with Crippen LogP contribution in [-0.2, 0) is 13.1 Å². The molecule has 0 unspecified atom stereocenters. The number of piperidine rings is 1. The Hall–Kier alpha value is -1.89. The molecule has 1 fully saturated rings. The van der Waals surface area contributed by atoms with Crippen molar-refractivity contribution >= 4 is 17.4 Å². The molecule has 3 rings (SSSR count). The van der Waals surface area contributed by atoms with Crippen LogP contribution in [0.2, 0.25) is 0 Å². The summed E-state index contributed by atoms with van der Waals surface area (Å²) in [6.07, 6.45) is 6.09. The monoisotopic (exact) mass is 319 g/mol. The Labute approximate surface area is 134 Å². The molecule has 0 aromatic carbocycles. The third-order valence-electron chi connectivity index (χ3n) is 4.13. The molecule has 2 amide bonds. The first kappa shape index (κ1) is 15.0. The molecule has 1 saturated heterocycles. The summed E-state index contributed by atoms with van der Waals surface area (Å²) in [6.45, 7) is 5.09. The Morgan fingerprint density at radius 2 is 2.27 bits per heavy atom. The van der Waals surface area contributed by atoms with Gasteiger partial charge in [0.15, 0.2) is 0 Å². The molecule has 7 heteroatoms. The van der Waals surface area contributed by atoms with Gasteiger partial charge in [-0.05, 0) is 31.2 Å². The van der Waals surface area contributed by atoms with Crippen LogP contribution in [0.3, 0.4) is 0 Å². The molecule has 0 spiro atoms. The van der Waals surface area contributed by atoms with Crippen molar-refractivity contribution in [3.8, 4) is 0 Å². The number of hydrogen-bond donors (Lipinski definition) is 1. The van der Waals surface area contributed by atoms with E-state index in [1.807, 2.05) is 21.2 Å². The Balaban J connectivity index is 1.47. The number of aryl methyl sites for hydroxylation is 1. The number of amides is 2. The Bertz CT molecular complexity index is 601. The van der Waals surface area contributed by atoms with E-state index in [-0.39, 0.29) is 6.03 Å². The molecule has 0 bridgehead atoms. The lowest BCUT2D eigenvalue weighted by molar-refractivity contribution is 0.181. The molecule has 0 atom stereocenters. The molecule has 1 aliphatic heterocycles. The van der Waals surface area contributed by atoms with Gasteiger partial charge in [-0.2, -0.15) is 5.10 Å². The van der Waals surface area contributed by atoms with Crippen molar-refractivity contribution in [3.05, 3.63) is 34.5 Å². The standard InChI is InChI=1S/C15H21N5OS/c1-2-20-9-13(7-18-20)12-3-5-19(6-4-12)15(21)16-8-14-10-22-11-17-14/h7,9-12H,2-6,8H2,1H3,(H,16,21). The minimum absolute atomic E-state index is 0.00991. The molecule has 22 heavy (non-hydrogen) atoms. The van der Waals surface area contributed by atoms with Crippen LogP contribution in [0.1, 0.15) is 36.9 Å². The van der Waals surface area contributed by atoms with Crippen molar-refractivity contribution in [2.45, 2.75) is 38.8 Å². The van der Waals surface area contributed by atoms with E-state index in [4.69, 9.17) is 0 Å². The highest BCUT2D eigenvalue weighted by Gasteiger charge is 2.24. The smallest absolute Gasteiger partial charge is 0.317 e. The fraction of sp³-hybridized carbons (Fsp3) is 0.533. The largest absolute Gasteiger partial charge is 0.332 e. The fourth-order valence-electron chi connectivity index (χ4n) is 2.78. The number of hydrogen-bond acceptors (Lipinski definition) is 4. The summed E-state index contributed by atoms with van der Waals surface area (Å²) >= 11 is 1.54. The van der Waals surface area contributed by atoms with Gasteiger partial charge in [-0.25, -0.2) is 9.78 Å². The fourth-order valence-corrected chi connectivity index (χ4v) is 3.34. The van der Waals surface area contributed by atoms with Gasteiger partial charge in [0.05, 0.1) is 23.9 Å². The van der Waals surface area contributed by atoms with Crippen molar-refractivity contribution in [1.82, 2.24) is 25.0 Å². The van der Waals surface area contributed by atoms with Crippen LogP contribution in [0.5, 0.6) is 0 Å². The lowest BCUT2D eigenvalue weighted by Crippen LogP contribution is -2.43. The van der Waals surface area contributed by atoms with Crippen molar-refractivity contribution in [1.29, 1.82) is 0 Å². The van der Waals surface area contributed by atoms with Crippen LogP contribution in [0.15, 0.2) is 23.3 Å². The number of carbonyl (C=O) groups excluding carboxylic acids is 1. The van der Waals surface area contributed by atoms with E-state index in [1.165, 1.54) is 5.56 Å². The Morgan fingerprint density at radius 3 is 2.91 bits per heavy atom. The second-order valence-electron chi connectivity index (χ2n) is 5.53. The third-order valence-corrected chi connectivity index (χ3v) is 4.77. The number of rotatable bonds is 4. The SMILES string of the molecule is CCn1cc(C2CCN(C(=O)NCc3cscn3)CC2)cn1. The number of nitrogens with zero attached hydrogens (tertiary/aromatic N) is 4. The number of urea groups is 1. The molecule has 1 aliphatic rings. The van der Waals surface area contributed by atoms with E-state index in [9.17, 15) is 4.79 Å². The summed E-state index contributed by atoms with van der Waals surface area (Å²) in [6, 6.07) is 0.00991. The lowest BCUT2D eigenvalue weighted by atomic mass is 9.92. The maximum Gasteiger partial charge on any atom is 0.317 e. The molecule has 3 heterocycles. The van der Waals surface area contributed by atoms with Crippen LogP contribution >= 0.6 is 11.3 Å². The zero-order valence-electron chi connectivity index (χ0n) is 12.7. The van der Waals surface area contributed by atoms with E-state index in [0.717, 1.165) is 38.2 Å². The molecule has 0 radical (unpaired) electrons. The molecule has 0 aliphatic carbocycles. The predicted octanol–water partition coefficient (Wildman–Crippen LogP) is 2.45. The molecule has 2 aromatic rings. The average Bonchev–Trinajstić information content (AvgIpc) is 3.24. The second kappa shape index (κ2) is 6.91. The average molecular weight is 319 g/mol. The molecule has 118 valence electrons. The van der Waals surface area contributed by atoms with Gasteiger partial charge < -0.3 is 10.2 Å². The number of nitrogens with one attached hydrogen (secondary N) is 1. The van der Waals surface area contributed by atoms with Gasteiger partial charge in [0.1, 0.15) is 0 Å². The summed E-state index contributed by atoms with van der Waals surface area (Å²) < 4.78 is 1.96. The Morgan fingerprint density at radius 1 is 1.45 bits per heavy atom. The van der Waals surface area contributed by atoms with Gasteiger partial charge in [0, 0.05) is 31.2 Å². The summed E-state index contributed by atoms with van der Waals surface area (Å²) in [7, 11) is 0. The molecular weight excluding hydrogens is 298 g/mol. The van der Waals surface area contributed by atoms with Gasteiger partial charge in [-0.3, -0.25) is 4.68 Å². The minimum atomic E-state index is 0.00991. The van der Waals surface area contributed by atoms with Gasteiger partial charge in [0.2, 0.25) is 0 Å². The summed E-state index contributed by atoms with van der Waals surface area (Å²) in [5, 5.41) is 9.23. The number of likely N-dealkylation sites (tertiary alicyclic amines) is 1. The van der Waals surface area contributed by atoms with Crippen molar-refractivity contribution in [3.63, 3.8) is 0 Å². The number of thiazole rings is 1. The van der Waals surface area contributed by atoms with Crippen LogP contribution in [0.25, 0.3) is 0 Å². The van der Waals surface area contributed by atoms with Crippen LogP contribution in [-0.4, -0.2) is 38.8 Å². The first-order valence-electron chi connectivity index (χ1n) is 7.68. The summed E-state index contributed by atoms with van der Waals surface area (Å²) in [5.41, 5.74) is 3.99. The van der Waals surface area contributed by atoms with Gasteiger partial charge in [-0.15, -0.1) is 11.3 Å². The zero-order chi connectivity index (χ0) is 15.4. The van der Waals surface area contributed by atoms with E-state index in [0.29, 0.717) is 12.5 Å². The normalized spacial score (nSPS) is 16.0. The van der Waals surface area contributed by atoms with Crippen molar-refractivity contribution in [2.75, 3.05) is 13.1 Å². The summed E-state index contributed by atoms with van der Waals surface area (Å²) in [5.74, 6) is 0.517. The Kier molecular flexibility index (Phi) is 4.72. The lowest BCUT2D eigenvalue weighted by Gasteiger charge is -2.31. The van der Waals surface area contributed by atoms with E-state index < -0.39 is 0 Å². The molecule has 0 saturated carbocycles. The highest BCUT2D eigenvalue weighted by atomic mass is 32.1. The first-order chi connectivity index (χ1) is 10.8. The maximum absolute atomic E-state index is 12.2. The molecule has 2 aromatic heterocycles. The van der Waals surface area contributed by atoms with Gasteiger partial charge in [-0.1, -0.05) is 0 Å². The van der Waals surface area contributed by atoms with E-state index in [1.54, 1.807) is 16.8 Å². The molecular formula is C15H21N5OS. The van der Waals surface area contributed by atoms with Crippen LogP contribution in [0.4, 0.5) is 4.79 Å². The van der Waals surface area contributed by atoms with Crippen molar-refractivity contribution in [2.24, 2.45) is 0 Å². The summed E-state index contributed by atoms with van der Waals surface area (Å²) in [4.78, 5) is 18.2. The second-order valence-corrected chi connectivity index (χ2v) is 6.25.